The van der Waals surface area contributed by atoms with Crippen molar-refractivity contribution in [3.63, 3.8) is 0 Å². The molecule has 0 aliphatic rings. The fourth-order valence-electron chi connectivity index (χ4n) is 0.970. The molecular weight excluding hydrogens is 139 g/mol. The van der Waals surface area contributed by atoms with Crippen molar-refractivity contribution in [2.45, 2.75) is 32.7 Å². The van der Waals surface area contributed by atoms with E-state index in [1.165, 1.54) is 0 Å². The number of rotatable bonds is 4. The van der Waals surface area contributed by atoms with E-state index in [4.69, 9.17) is 13.0 Å². The number of hydrogen-bond acceptors (Lipinski definition) is 2. The predicted octanol–water partition coefficient (Wildman–Crippen LogP) is 0.653. The molecular formula is C8H15BO2. The van der Waals surface area contributed by atoms with E-state index in [9.17, 15) is 5.11 Å². The fraction of sp³-hybridized carbons (Fsp3) is 0.750. The van der Waals surface area contributed by atoms with Crippen LogP contribution in [0.2, 0.25) is 6.32 Å². The maximum atomic E-state index is 9.38. The molecule has 0 aromatic rings. The van der Waals surface area contributed by atoms with Gasteiger partial charge in [0.25, 0.3) is 0 Å². The van der Waals surface area contributed by atoms with Crippen LogP contribution in [0.4, 0.5) is 0 Å². The summed E-state index contributed by atoms with van der Waals surface area (Å²) in [4.78, 5) is 0. The molecule has 0 amide bonds. The second-order valence-corrected chi connectivity index (χ2v) is 2.76. The van der Waals surface area contributed by atoms with Crippen molar-refractivity contribution in [2.75, 3.05) is 6.61 Å². The molecule has 2 nitrogen and oxygen atoms in total. The van der Waals surface area contributed by atoms with Crippen molar-refractivity contribution >= 4 is 7.85 Å². The molecule has 0 heterocycles. The largest absolute Gasteiger partial charge is 0.396 e. The van der Waals surface area contributed by atoms with Crippen LogP contribution in [0.15, 0.2) is 11.1 Å². The van der Waals surface area contributed by atoms with Crippen LogP contribution in [0, 0.1) is 0 Å². The van der Waals surface area contributed by atoms with E-state index >= 15 is 0 Å². The summed E-state index contributed by atoms with van der Waals surface area (Å²) in [6.45, 7) is 3.81. The van der Waals surface area contributed by atoms with Crippen molar-refractivity contribution < 1.29 is 10.2 Å². The molecule has 0 saturated heterocycles. The molecule has 3 heteroatoms. The molecule has 0 fully saturated rings. The monoisotopic (exact) mass is 154 g/mol. The first-order chi connectivity index (χ1) is 5.13. The highest BCUT2D eigenvalue weighted by Crippen LogP contribution is 2.14. The maximum absolute atomic E-state index is 9.38. The summed E-state index contributed by atoms with van der Waals surface area (Å²) < 4.78 is 0. The first-order valence-electron chi connectivity index (χ1n) is 3.78. The molecule has 0 aromatic heterocycles. The minimum absolute atomic E-state index is 0.00204. The molecule has 62 valence electrons. The van der Waals surface area contributed by atoms with E-state index in [2.05, 4.69) is 0 Å². The number of hydrogen-bond donors (Lipinski definition) is 2. The smallest absolute Gasteiger partial charge is 0.0767 e. The lowest BCUT2D eigenvalue weighted by atomic mass is 9.89. The van der Waals surface area contributed by atoms with Gasteiger partial charge in [-0.2, -0.15) is 0 Å². The Morgan fingerprint density at radius 1 is 1.45 bits per heavy atom. The van der Waals surface area contributed by atoms with Crippen LogP contribution >= 0.6 is 0 Å². The zero-order valence-electron chi connectivity index (χ0n) is 7.17. The third-order valence-corrected chi connectivity index (χ3v) is 1.67. The Morgan fingerprint density at radius 2 is 2.00 bits per heavy atom. The topological polar surface area (TPSA) is 40.5 Å². The zero-order chi connectivity index (χ0) is 8.85. The van der Waals surface area contributed by atoms with Crippen molar-refractivity contribution in [3.05, 3.63) is 11.1 Å². The zero-order valence-corrected chi connectivity index (χ0v) is 7.17. The third-order valence-electron chi connectivity index (χ3n) is 1.67. The van der Waals surface area contributed by atoms with Gasteiger partial charge in [0.15, 0.2) is 0 Å². The molecule has 0 unspecified atom stereocenters. The molecule has 0 saturated carbocycles. The Balaban J connectivity index is 4.15. The van der Waals surface area contributed by atoms with E-state index in [0.717, 1.165) is 11.1 Å². The summed E-state index contributed by atoms with van der Waals surface area (Å²) in [5.41, 5.74) is 1.87. The Morgan fingerprint density at radius 3 is 2.27 bits per heavy atom. The van der Waals surface area contributed by atoms with Gasteiger partial charge in [0.2, 0.25) is 0 Å². The summed E-state index contributed by atoms with van der Waals surface area (Å²) in [5, 5.41) is 17.9. The van der Waals surface area contributed by atoms with Crippen molar-refractivity contribution in [1.82, 2.24) is 0 Å². The van der Waals surface area contributed by atoms with Crippen LogP contribution in [0.25, 0.3) is 0 Å². The molecule has 0 aromatic carbocycles. The second kappa shape index (κ2) is 5.39. The average Bonchev–Trinajstić information content (AvgIpc) is 1.88. The quantitative estimate of drug-likeness (QED) is 0.461. The fourth-order valence-corrected chi connectivity index (χ4v) is 0.970. The standard InChI is InChI=1S/C8H15BO2/c1-6(2)7(5-9)8(11)3-4-10/h8,10-11H,3-5H2,1-2H3/t8-/m0/s1. The van der Waals surface area contributed by atoms with E-state index in [1.54, 1.807) is 0 Å². The van der Waals surface area contributed by atoms with Crippen LogP contribution in [-0.4, -0.2) is 30.8 Å². The molecule has 0 aliphatic heterocycles. The lowest BCUT2D eigenvalue weighted by Gasteiger charge is -2.14. The predicted molar refractivity (Wildman–Crippen MR) is 46.6 cm³/mol. The van der Waals surface area contributed by atoms with E-state index in [1.807, 2.05) is 13.8 Å². The van der Waals surface area contributed by atoms with Gasteiger partial charge in [-0.15, -0.1) is 0 Å². The normalized spacial score (nSPS) is 12.7. The molecule has 2 radical (unpaired) electrons. The molecule has 2 N–H and O–H groups in total. The Bertz CT molecular complexity index is 139. The Kier molecular flexibility index (Phi) is 5.25. The third kappa shape index (κ3) is 3.58. The highest BCUT2D eigenvalue weighted by atomic mass is 16.3. The molecule has 11 heavy (non-hydrogen) atoms. The van der Waals surface area contributed by atoms with Crippen LogP contribution in [-0.2, 0) is 0 Å². The van der Waals surface area contributed by atoms with Crippen molar-refractivity contribution in [2.24, 2.45) is 0 Å². The van der Waals surface area contributed by atoms with Crippen LogP contribution in [0.3, 0.4) is 0 Å². The second-order valence-electron chi connectivity index (χ2n) is 2.76. The first kappa shape index (κ1) is 10.7. The van der Waals surface area contributed by atoms with Crippen LogP contribution < -0.4 is 0 Å². The van der Waals surface area contributed by atoms with Gasteiger partial charge in [-0.25, -0.2) is 0 Å². The summed E-state index contributed by atoms with van der Waals surface area (Å²) in [5.74, 6) is 0. The lowest BCUT2D eigenvalue weighted by molar-refractivity contribution is 0.160. The number of aliphatic hydroxyl groups is 2. The molecule has 0 aliphatic carbocycles. The Labute approximate surface area is 69.3 Å². The van der Waals surface area contributed by atoms with Gasteiger partial charge < -0.3 is 10.2 Å². The Hall–Kier alpha value is -0.275. The minimum Gasteiger partial charge on any atom is -0.396 e. The summed E-state index contributed by atoms with van der Waals surface area (Å²) in [7, 11) is 5.41. The van der Waals surface area contributed by atoms with Gasteiger partial charge in [-0.3, -0.25) is 0 Å². The molecule has 0 spiro atoms. The summed E-state index contributed by atoms with van der Waals surface area (Å²) in [6.07, 6.45) is 0.163. The molecule has 1 atom stereocenters. The van der Waals surface area contributed by atoms with E-state index in [0.29, 0.717) is 12.7 Å². The minimum atomic E-state index is -0.574. The van der Waals surface area contributed by atoms with Crippen LogP contribution in [0.1, 0.15) is 20.3 Å². The van der Waals surface area contributed by atoms with Gasteiger partial charge in [0.1, 0.15) is 0 Å². The summed E-state index contributed by atoms with van der Waals surface area (Å²) >= 11 is 0. The lowest BCUT2D eigenvalue weighted by Crippen LogP contribution is -2.13. The number of allylic oxidation sites excluding steroid dienone is 1. The van der Waals surface area contributed by atoms with Gasteiger partial charge in [0, 0.05) is 13.0 Å². The van der Waals surface area contributed by atoms with E-state index < -0.39 is 6.10 Å². The first-order valence-corrected chi connectivity index (χ1v) is 3.78. The average molecular weight is 154 g/mol. The van der Waals surface area contributed by atoms with Gasteiger partial charge in [-0.05, 0) is 13.8 Å². The highest BCUT2D eigenvalue weighted by Gasteiger charge is 2.08. The summed E-state index contributed by atoms with van der Waals surface area (Å²) in [6, 6.07) is 0. The maximum Gasteiger partial charge on any atom is 0.0767 e. The van der Waals surface area contributed by atoms with E-state index in [-0.39, 0.29) is 6.61 Å². The van der Waals surface area contributed by atoms with Gasteiger partial charge in [-0.1, -0.05) is 17.5 Å². The number of aliphatic hydroxyl groups excluding tert-OH is 2. The highest BCUT2D eigenvalue weighted by molar-refractivity contribution is 6.10. The molecule has 0 bridgehead atoms. The molecule has 0 rings (SSSR count). The SMILES string of the molecule is [B]CC(=C(C)C)[C@@H](O)CCO. The van der Waals surface area contributed by atoms with Crippen molar-refractivity contribution in [3.8, 4) is 0 Å². The van der Waals surface area contributed by atoms with Crippen molar-refractivity contribution in [1.29, 1.82) is 0 Å². The van der Waals surface area contributed by atoms with Crippen LogP contribution in [0.5, 0.6) is 0 Å². The van der Waals surface area contributed by atoms with Gasteiger partial charge in [0.05, 0.1) is 14.0 Å². The van der Waals surface area contributed by atoms with Gasteiger partial charge >= 0.3 is 0 Å².